The minimum absolute atomic E-state index is 0.278. The highest BCUT2D eigenvalue weighted by Crippen LogP contribution is 2.39. The fourth-order valence-corrected chi connectivity index (χ4v) is 2.44. The molecule has 2 N–H and O–H groups in total. The SMILES string of the molecule is COc1cc(-c2cc(N)on2)c(Br)cc1OCC1CC1. The summed E-state index contributed by atoms with van der Waals surface area (Å²) in [4.78, 5) is 0. The van der Waals surface area contributed by atoms with Gasteiger partial charge in [-0.2, -0.15) is 0 Å². The fourth-order valence-electron chi connectivity index (χ4n) is 1.91. The normalized spacial score (nSPS) is 14.3. The summed E-state index contributed by atoms with van der Waals surface area (Å²) in [6.45, 7) is 0.735. The standard InChI is InChI=1S/C14H15BrN2O3/c1-18-12-4-9(11-6-14(16)20-17-11)10(15)5-13(12)19-7-8-2-3-8/h4-6,8H,2-3,7,16H2,1H3. The molecule has 0 saturated heterocycles. The first-order valence-corrected chi connectivity index (χ1v) is 7.19. The van der Waals surface area contributed by atoms with E-state index < -0.39 is 0 Å². The van der Waals surface area contributed by atoms with Gasteiger partial charge in [0, 0.05) is 16.1 Å². The molecule has 0 unspecified atom stereocenters. The molecule has 1 heterocycles. The van der Waals surface area contributed by atoms with Crippen LogP contribution in [0.2, 0.25) is 0 Å². The van der Waals surface area contributed by atoms with Crippen LogP contribution in [-0.4, -0.2) is 18.9 Å². The monoisotopic (exact) mass is 338 g/mol. The molecular weight excluding hydrogens is 324 g/mol. The van der Waals surface area contributed by atoms with Gasteiger partial charge in [0.2, 0.25) is 5.88 Å². The van der Waals surface area contributed by atoms with Crippen molar-refractivity contribution in [2.75, 3.05) is 19.5 Å². The third-order valence-corrected chi connectivity index (χ3v) is 3.89. The Morgan fingerprint density at radius 2 is 2.15 bits per heavy atom. The van der Waals surface area contributed by atoms with Crippen molar-refractivity contribution in [2.45, 2.75) is 12.8 Å². The lowest BCUT2D eigenvalue weighted by Crippen LogP contribution is -2.01. The van der Waals surface area contributed by atoms with E-state index in [2.05, 4.69) is 21.1 Å². The number of benzene rings is 1. The maximum atomic E-state index is 5.81. The van der Waals surface area contributed by atoms with Crippen LogP contribution in [0.5, 0.6) is 11.5 Å². The number of methoxy groups -OCH3 is 1. The molecule has 0 radical (unpaired) electrons. The number of rotatable bonds is 5. The second kappa shape index (κ2) is 5.36. The Kier molecular flexibility index (Phi) is 3.56. The average molecular weight is 339 g/mol. The summed E-state index contributed by atoms with van der Waals surface area (Å²) in [6, 6.07) is 5.43. The molecule has 0 atom stereocenters. The van der Waals surface area contributed by atoms with Gasteiger partial charge in [0.15, 0.2) is 11.5 Å². The van der Waals surface area contributed by atoms with Crippen LogP contribution in [0.3, 0.4) is 0 Å². The van der Waals surface area contributed by atoms with Gasteiger partial charge in [0.1, 0.15) is 5.69 Å². The third-order valence-electron chi connectivity index (χ3n) is 3.23. The fraction of sp³-hybridized carbons (Fsp3) is 0.357. The van der Waals surface area contributed by atoms with Gasteiger partial charge >= 0.3 is 0 Å². The van der Waals surface area contributed by atoms with E-state index in [1.807, 2.05) is 12.1 Å². The number of hydrogen-bond donors (Lipinski definition) is 1. The number of nitrogen functional groups attached to an aromatic ring is 1. The van der Waals surface area contributed by atoms with Crippen molar-refractivity contribution in [1.82, 2.24) is 5.16 Å². The van der Waals surface area contributed by atoms with Crippen molar-refractivity contribution in [1.29, 1.82) is 0 Å². The minimum Gasteiger partial charge on any atom is -0.493 e. The molecule has 1 aromatic carbocycles. The lowest BCUT2D eigenvalue weighted by molar-refractivity contribution is 0.280. The summed E-state index contributed by atoms with van der Waals surface area (Å²) in [6.07, 6.45) is 2.50. The van der Waals surface area contributed by atoms with E-state index in [-0.39, 0.29) is 5.88 Å². The van der Waals surface area contributed by atoms with Crippen molar-refractivity contribution in [3.63, 3.8) is 0 Å². The largest absolute Gasteiger partial charge is 0.493 e. The number of halogens is 1. The maximum Gasteiger partial charge on any atom is 0.222 e. The zero-order valence-corrected chi connectivity index (χ0v) is 12.6. The lowest BCUT2D eigenvalue weighted by atomic mass is 10.1. The summed E-state index contributed by atoms with van der Waals surface area (Å²) in [5, 5.41) is 3.91. The van der Waals surface area contributed by atoms with Crippen LogP contribution >= 0.6 is 15.9 Å². The molecule has 1 saturated carbocycles. The summed E-state index contributed by atoms with van der Waals surface area (Å²) in [5.41, 5.74) is 7.06. The van der Waals surface area contributed by atoms with Crippen LogP contribution in [0.15, 0.2) is 27.2 Å². The number of anilines is 1. The molecule has 106 valence electrons. The van der Waals surface area contributed by atoms with Gasteiger partial charge < -0.3 is 19.7 Å². The molecule has 1 aromatic heterocycles. The van der Waals surface area contributed by atoms with Crippen LogP contribution in [0.4, 0.5) is 5.88 Å². The van der Waals surface area contributed by atoms with Gasteiger partial charge in [0.25, 0.3) is 0 Å². The molecular formula is C14H15BrN2O3. The zero-order chi connectivity index (χ0) is 14.1. The van der Waals surface area contributed by atoms with E-state index in [0.717, 1.165) is 22.4 Å². The minimum atomic E-state index is 0.278. The highest BCUT2D eigenvalue weighted by atomic mass is 79.9. The van der Waals surface area contributed by atoms with Crippen LogP contribution in [0.1, 0.15) is 12.8 Å². The van der Waals surface area contributed by atoms with Gasteiger partial charge in [0.05, 0.1) is 13.7 Å². The van der Waals surface area contributed by atoms with E-state index in [1.54, 1.807) is 13.2 Å². The molecule has 1 aliphatic rings. The number of nitrogens with zero attached hydrogens (tertiary/aromatic N) is 1. The molecule has 6 heteroatoms. The molecule has 20 heavy (non-hydrogen) atoms. The second-order valence-electron chi connectivity index (χ2n) is 4.85. The van der Waals surface area contributed by atoms with Gasteiger partial charge in [-0.1, -0.05) is 5.16 Å². The van der Waals surface area contributed by atoms with Crippen molar-refractivity contribution in [3.8, 4) is 22.8 Å². The molecule has 0 amide bonds. The molecule has 1 fully saturated rings. The number of nitrogens with two attached hydrogens (primary N) is 1. The molecule has 2 aromatic rings. The smallest absolute Gasteiger partial charge is 0.222 e. The van der Waals surface area contributed by atoms with E-state index >= 15 is 0 Å². The first-order valence-electron chi connectivity index (χ1n) is 6.40. The Balaban J connectivity index is 1.91. The zero-order valence-electron chi connectivity index (χ0n) is 11.1. The van der Waals surface area contributed by atoms with Crippen LogP contribution in [0, 0.1) is 5.92 Å². The predicted molar refractivity (Wildman–Crippen MR) is 78.8 cm³/mol. The molecule has 0 aliphatic heterocycles. The Hall–Kier alpha value is -1.69. The first kappa shape index (κ1) is 13.3. The quantitative estimate of drug-likeness (QED) is 0.903. The first-order chi connectivity index (χ1) is 9.67. The number of ether oxygens (including phenoxy) is 2. The van der Waals surface area contributed by atoms with Crippen LogP contribution in [-0.2, 0) is 0 Å². The van der Waals surface area contributed by atoms with Crippen LogP contribution < -0.4 is 15.2 Å². The van der Waals surface area contributed by atoms with Gasteiger partial charge in [-0.15, -0.1) is 0 Å². The second-order valence-corrected chi connectivity index (χ2v) is 5.71. The molecule has 0 bridgehead atoms. The molecule has 5 nitrogen and oxygen atoms in total. The highest BCUT2D eigenvalue weighted by molar-refractivity contribution is 9.10. The van der Waals surface area contributed by atoms with E-state index in [9.17, 15) is 0 Å². The van der Waals surface area contributed by atoms with Gasteiger partial charge in [-0.05, 0) is 46.8 Å². The van der Waals surface area contributed by atoms with Crippen molar-refractivity contribution in [2.24, 2.45) is 5.92 Å². The van der Waals surface area contributed by atoms with Crippen LogP contribution in [0.25, 0.3) is 11.3 Å². The van der Waals surface area contributed by atoms with Crippen molar-refractivity contribution in [3.05, 3.63) is 22.7 Å². The Bertz CT molecular complexity index is 623. The summed E-state index contributed by atoms with van der Waals surface area (Å²) in [5.74, 6) is 2.37. The van der Waals surface area contributed by atoms with E-state index in [1.165, 1.54) is 12.8 Å². The summed E-state index contributed by atoms with van der Waals surface area (Å²) >= 11 is 3.52. The number of aromatic nitrogens is 1. The van der Waals surface area contributed by atoms with Gasteiger partial charge in [-0.25, -0.2) is 0 Å². The van der Waals surface area contributed by atoms with Crippen molar-refractivity contribution < 1.29 is 14.0 Å². The summed E-state index contributed by atoms with van der Waals surface area (Å²) in [7, 11) is 1.62. The van der Waals surface area contributed by atoms with E-state index in [4.69, 9.17) is 19.7 Å². The Labute approximate surface area is 125 Å². The molecule has 3 rings (SSSR count). The van der Waals surface area contributed by atoms with Crippen molar-refractivity contribution >= 4 is 21.8 Å². The maximum absolute atomic E-state index is 5.81. The third kappa shape index (κ3) is 2.75. The topological polar surface area (TPSA) is 70.5 Å². The van der Waals surface area contributed by atoms with E-state index in [0.29, 0.717) is 17.4 Å². The predicted octanol–water partition coefficient (Wildman–Crippen LogP) is 3.48. The Morgan fingerprint density at radius 3 is 2.75 bits per heavy atom. The number of hydrogen-bond acceptors (Lipinski definition) is 5. The highest BCUT2D eigenvalue weighted by Gasteiger charge is 2.23. The lowest BCUT2D eigenvalue weighted by Gasteiger charge is -2.12. The van der Waals surface area contributed by atoms with Gasteiger partial charge in [-0.3, -0.25) is 0 Å². The summed E-state index contributed by atoms with van der Waals surface area (Å²) < 4.78 is 17.0. The average Bonchev–Trinajstić information content (AvgIpc) is 3.17. The molecule has 0 spiro atoms. The molecule has 1 aliphatic carbocycles. The Morgan fingerprint density at radius 1 is 1.35 bits per heavy atom.